The lowest BCUT2D eigenvalue weighted by atomic mass is 10.0. The smallest absolute Gasteiger partial charge is 0.225 e. The Bertz CT molecular complexity index is 212. The van der Waals surface area contributed by atoms with Crippen LogP contribution in [0.15, 0.2) is 0 Å². The Hall–Kier alpha value is -0.570. The molecular weight excluding hydrogens is 200 g/mol. The normalized spacial score (nSPS) is 22.1. The first-order chi connectivity index (χ1) is 7.69. The molecule has 1 saturated heterocycles. The molecule has 0 radical (unpaired) electrons. The Kier molecular flexibility index (Phi) is 5.81. The highest BCUT2D eigenvalue weighted by molar-refractivity contribution is 5.78. The maximum Gasteiger partial charge on any atom is 0.225 e. The van der Waals surface area contributed by atoms with Gasteiger partial charge in [-0.3, -0.25) is 4.79 Å². The van der Waals surface area contributed by atoms with Crippen molar-refractivity contribution in [1.29, 1.82) is 0 Å². The van der Waals surface area contributed by atoms with E-state index < -0.39 is 0 Å². The van der Waals surface area contributed by atoms with Gasteiger partial charge in [-0.05, 0) is 32.7 Å². The van der Waals surface area contributed by atoms with Crippen molar-refractivity contribution in [1.82, 2.24) is 10.2 Å². The molecule has 1 heterocycles. The van der Waals surface area contributed by atoms with Crippen molar-refractivity contribution in [3.63, 3.8) is 0 Å². The van der Waals surface area contributed by atoms with E-state index in [9.17, 15) is 4.79 Å². The second kappa shape index (κ2) is 6.89. The summed E-state index contributed by atoms with van der Waals surface area (Å²) >= 11 is 0. The third-order valence-electron chi connectivity index (χ3n) is 3.44. The van der Waals surface area contributed by atoms with E-state index in [-0.39, 0.29) is 5.92 Å². The molecule has 16 heavy (non-hydrogen) atoms. The van der Waals surface area contributed by atoms with Gasteiger partial charge in [0.15, 0.2) is 0 Å². The number of carbonyl (C=O) groups is 1. The number of hydrogen-bond donors (Lipinski definition) is 1. The van der Waals surface area contributed by atoms with Crippen LogP contribution in [-0.4, -0.2) is 36.5 Å². The second-order valence-electron chi connectivity index (χ2n) is 4.86. The van der Waals surface area contributed by atoms with Gasteiger partial charge in [-0.2, -0.15) is 0 Å². The summed E-state index contributed by atoms with van der Waals surface area (Å²) in [6.45, 7) is 9.11. The monoisotopic (exact) mass is 226 g/mol. The molecule has 3 heteroatoms. The van der Waals surface area contributed by atoms with Gasteiger partial charge >= 0.3 is 0 Å². The largest absolute Gasteiger partial charge is 0.341 e. The fraction of sp³-hybridized carbons (Fsp3) is 0.923. The zero-order valence-corrected chi connectivity index (χ0v) is 11.0. The molecular formula is C13H26N2O. The average molecular weight is 226 g/mol. The van der Waals surface area contributed by atoms with E-state index in [1.165, 1.54) is 12.8 Å². The van der Waals surface area contributed by atoms with Crippen LogP contribution in [0, 0.1) is 5.92 Å². The highest BCUT2D eigenvalue weighted by atomic mass is 16.2. The molecule has 1 amide bonds. The molecule has 1 aliphatic heterocycles. The van der Waals surface area contributed by atoms with Crippen molar-refractivity contribution in [2.75, 3.05) is 19.6 Å². The lowest BCUT2D eigenvalue weighted by Gasteiger charge is -2.27. The van der Waals surface area contributed by atoms with Crippen molar-refractivity contribution < 1.29 is 4.79 Å². The average Bonchev–Trinajstić information content (AvgIpc) is 2.78. The first-order valence-electron chi connectivity index (χ1n) is 6.71. The summed E-state index contributed by atoms with van der Waals surface area (Å²) in [7, 11) is 0. The van der Waals surface area contributed by atoms with Crippen LogP contribution in [0.5, 0.6) is 0 Å². The molecule has 1 aliphatic rings. The number of nitrogens with one attached hydrogen (secondary N) is 1. The fourth-order valence-corrected chi connectivity index (χ4v) is 2.42. The van der Waals surface area contributed by atoms with Crippen LogP contribution in [0.25, 0.3) is 0 Å². The summed E-state index contributed by atoms with van der Waals surface area (Å²) in [6.07, 6.45) is 4.56. The molecule has 2 atom stereocenters. The van der Waals surface area contributed by atoms with Crippen LogP contribution in [0.4, 0.5) is 0 Å². The molecule has 0 aliphatic carbocycles. The van der Waals surface area contributed by atoms with Crippen molar-refractivity contribution in [2.24, 2.45) is 5.92 Å². The van der Waals surface area contributed by atoms with E-state index >= 15 is 0 Å². The molecule has 0 spiro atoms. The van der Waals surface area contributed by atoms with Gasteiger partial charge in [0.25, 0.3) is 0 Å². The third kappa shape index (κ3) is 3.78. The summed E-state index contributed by atoms with van der Waals surface area (Å²) in [5, 5.41) is 3.45. The standard InChI is InChI=1S/C13H26N2O/c1-4-7-11(3)13(16)15(5-2)10-12-8-6-9-14-12/h11-12,14H,4-10H2,1-3H3. The van der Waals surface area contributed by atoms with Gasteiger partial charge in [0.05, 0.1) is 0 Å². The molecule has 0 aromatic rings. The predicted molar refractivity (Wildman–Crippen MR) is 67.4 cm³/mol. The molecule has 2 unspecified atom stereocenters. The lowest BCUT2D eigenvalue weighted by molar-refractivity contribution is -0.135. The SMILES string of the molecule is CCCC(C)C(=O)N(CC)CC1CCCN1. The topological polar surface area (TPSA) is 32.3 Å². The van der Waals surface area contributed by atoms with Crippen LogP contribution < -0.4 is 5.32 Å². The quantitative estimate of drug-likeness (QED) is 0.751. The Morgan fingerprint density at radius 1 is 1.50 bits per heavy atom. The molecule has 0 saturated carbocycles. The highest BCUT2D eigenvalue weighted by Gasteiger charge is 2.23. The summed E-state index contributed by atoms with van der Waals surface area (Å²) in [6, 6.07) is 0.526. The van der Waals surface area contributed by atoms with E-state index in [1.54, 1.807) is 0 Å². The van der Waals surface area contributed by atoms with Crippen LogP contribution in [0.2, 0.25) is 0 Å². The van der Waals surface area contributed by atoms with Crippen LogP contribution in [-0.2, 0) is 4.79 Å². The van der Waals surface area contributed by atoms with E-state index in [0.29, 0.717) is 11.9 Å². The lowest BCUT2D eigenvalue weighted by Crippen LogP contribution is -2.43. The number of nitrogens with zero attached hydrogens (tertiary/aromatic N) is 1. The van der Waals surface area contributed by atoms with Gasteiger partial charge in [0.1, 0.15) is 0 Å². The Morgan fingerprint density at radius 3 is 2.75 bits per heavy atom. The minimum absolute atomic E-state index is 0.186. The van der Waals surface area contributed by atoms with Gasteiger partial charge in [0.2, 0.25) is 5.91 Å². The molecule has 1 fully saturated rings. The zero-order valence-electron chi connectivity index (χ0n) is 11.0. The Labute approximate surface area is 99.6 Å². The Morgan fingerprint density at radius 2 is 2.25 bits per heavy atom. The first-order valence-corrected chi connectivity index (χ1v) is 6.71. The maximum atomic E-state index is 12.2. The minimum Gasteiger partial charge on any atom is -0.341 e. The molecule has 1 N–H and O–H groups in total. The van der Waals surface area contributed by atoms with Gasteiger partial charge < -0.3 is 10.2 Å². The molecule has 3 nitrogen and oxygen atoms in total. The minimum atomic E-state index is 0.186. The van der Waals surface area contributed by atoms with E-state index in [2.05, 4.69) is 26.1 Å². The van der Waals surface area contributed by atoms with Crippen LogP contribution >= 0.6 is 0 Å². The zero-order chi connectivity index (χ0) is 12.0. The molecule has 0 aromatic heterocycles. The predicted octanol–water partition coefficient (Wildman–Crippen LogP) is 2.02. The fourth-order valence-electron chi connectivity index (χ4n) is 2.42. The number of hydrogen-bond acceptors (Lipinski definition) is 2. The number of likely N-dealkylation sites (N-methyl/N-ethyl adjacent to an activating group) is 1. The van der Waals surface area contributed by atoms with E-state index in [0.717, 1.165) is 32.5 Å². The second-order valence-corrected chi connectivity index (χ2v) is 4.86. The van der Waals surface area contributed by atoms with Gasteiger partial charge in [-0.1, -0.05) is 20.3 Å². The molecule has 1 rings (SSSR count). The summed E-state index contributed by atoms with van der Waals surface area (Å²) in [5.41, 5.74) is 0. The number of carbonyl (C=O) groups excluding carboxylic acids is 1. The van der Waals surface area contributed by atoms with Crippen molar-refractivity contribution in [2.45, 2.75) is 52.5 Å². The van der Waals surface area contributed by atoms with Crippen molar-refractivity contribution >= 4 is 5.91 Å². The third-order valence-corrected chi connectivity index (χ3v) is 3.44. The van der Waals surface area contributed by atoms with E-state index in [4.69, 9.17) is 0 Å². The number of amides is 1. The van der Waals surface area contributed by atoms with Crippen LogP contribution in [0.3, 0.4) is 0 Å². The van der Waals surface area contributed by atoms with Gasteiger partial charge in [0, 0.05) is 25.0 Å². The highest BCUT2D eigenvalue weighted by Crippen LogP contribution is 2.12. The summed E-state index contributed by atoms with van der Waals surface area (Å²) < 4.78 is 0. The van der Waals surface area contributed by atoms with Crippen molar-refractivity contribution in [3.8, 4) is 0 Å². The summed E-state index contributed by atoms with van der Waals surface area (Å²) in [5.74, 6) is 0.518. The summed E-state index contributed by atoms with van der Waals surface area (Å²) in [4.78, 5) is 14.2. The maximum absolute atomic E-state index is 12.2. The van der Waals surface area contributed by atoms with Crippen molar-refractivity contribution in [3.05, 3.63) is 0 Å². The number of rotatable bonds is 6. The first kappa shape index (κ1) is 13.5. The molecule has 0 aromatic carbocycles. The van der Waals surface area contributed by atoms with Gasteiger partial charge in [-0.15, -0.1) is 0 Å². The Balaban J connectivity index is 2.42. The van der Waals surface area contributed by atoms with E-state index in [1.807, 2.05) is 4.90 Å². The van der Waals surface area contributed by atoms with Gasteiger partial charge in [-0.25, -0.2) is 0 Å². The molecule has 0 bridgehead atoms. The molecule has 94 valence electrons. The van der Waals surface area contributed by atoms with Crippen LogP contribution in [0.1, 0.15) is 46.5 Å².